The fraction of sp³-hybridized carbons (Fsp3) is 0.467. The third kappa shape index (κ3) is 2.70. The van der Waals surface area contributed by atoms with Crippen LogP contribution in [0.2, 0.25) is 0 Å². The molecule has 1 saturated carbocycles. The Kier molecular flexibility index (Phi) is 3.48. The Balaban J connectivity index is 2.14. The Bertz CT molecular complexity index is 543. The molecule has 1 aromatic carbocycles. The zero-order valence-corrected chi connectivity index (χ0v) is 11.4. The Morgan fingerprint density at radius 1 is 1.53 bits per heavy atom. The van der Waals surface area contributed by atoms with Gasteiger partial charge in [-0.15, -0.1) is 0 Å². The number of nitrogens with two attached hydrogens (primary N) is 1. The average Bonchev–Trinajstić information content (AvgIpc) is 2.71. The molecule has 0 saturated heterocycles. The monoisotopic (exact) mass is 257 g/mol. The Labute approximate surface area is 113 Å². The molecule has 0 aliphatic heterocycles. The molecular formula is C15H19N3O. The molecule has 1 amide bonds. The third-order valence-electron chi connectivity index (χ3n) is 4.01. The first-order valence-corrected chi connectivity index (χ1v) is 6.54. The number of carbonyl (C=O) groups is 1. The van der Waals surface area contributed by atoms with E-state index in [1.807, 2.05) is 6.07 Å². The van der Waals surface area contributed by atoms with Gasteiger partial charge in [0.1, 0.15) is 0 Å². The van der Waals surface area contributed by atoms with Crippen molar-refractivity contribution in [2.24, 2.45) is 11.3 Å². The first-order valence-electron chi connectivity index (χ1n) is 6.54. The summed E-state index contributed by atoms with van der Waals surface area (Å²) in [6.45, 7) is 4.26. The minimum atomic E-state index is 0.0268. The Morgan fingerprint density at radius 3 is 2.79 bits per heavy atom. The highest BCUT2D eigenvalue weighted by Gasteiger charge is 2.39. The summed E-state index contributed by atoms with van der Waals surface area (Å²) in [5, 5.41) is 11.7. The third-order valence-corrected chi connectivity index (χ3v) is 4.01. The maximum absolute atomic E-state index is 12.3. The Morgan fingerprint density at radius 2 is 2.26 bits per heavy atom. The van der Waals surface area contributed by atoms with E-state index in [-0.39, 0.29) is 17.2 Å². The van der Waals surface area contributed by atoms with E-state index < -0.39 is 0 Å². The van der Waals surface area contributed by atoms with Gasteiger partial charge in [0.15, 0.2) is 0 Å². The van der Waals surface area contributed by atoms with Crippen molar-refractivity contribution in [2.75, 3.05) is 11.1 Å². The summed E-state index contributed by atoms with van der Waals surface area (Å²) >= 11 is 0. The molecule has 0 bridgehead atoms. The normalized spacial score (nSPS) is 20.8. The van der Waals surface area contributed by atoms with Crippen molar-refractivity contribution in [3.63, 3.8) is 0 Å². The molecule has 1 aliphatic rings. The number of hydrogen-bond donors (Lipinski definition) is 2. The van der Waals surface area contributed by atoms with Gasteiger partial charge in [-0.1, -0.05) is 20.3 Å². The predicted octanol–water partition coefficient (Wildman–Crippen LogP) is 2.91. The zero-order chi connectivity index (χ0) is 14.0. The molecule has 3 N–H and O–H groups in total. The van der Waals surface area contributed by atoms with Crippen LogP contribution in [-0.4, -0.2) is 5.91 Å². The highest BCUT2D eigenvalue weighted by molar-refractivity contribution is 5.96. The number of nitrogens with zero attached hydrogens (tertiary/aromatic N) is 1. The molecule has 1 unspecified atom stereocenters. The van der Waals surface area contributed by atoms with Crippen molar-refractivity contribution in [3.05, 3.63) is 23.8 Å². The molecule has 0 heterocycles. The van der Waals surface area contributed by atoms with Crippen molar-refractivity contribution < 1.29 is 4.79 Å². The van der Waals surface area contributed by atoms with E-state index in [1.54, 1.807) is 18.2 Å². The molecule has 4 heteroatoms. The second-order valence-corrected chi connectivity index (χ2v) is 5.84. The Hall–Kier alpha value is -2.02. The molecule has 0 aromatic heterocycles. The van der Waals surface area contributed by atoms with Crippen molar-refractivity contribution in [2.45, 2.75) is 33.1 Å². The molecule has 0 radical (unpaired) electrons. The average molecular weight is 257 g/mol. The van der Waals surface area contributed by atoms with Gasteiger partial charge in [0, 0.05) is 5.92 Å². The SMILES string of the molecule is CC1(C)CCCC1C(=O)Nc1ccc(C#N)cc1N. The summed E-state index contributed by atoms with van der Waals surface area (Å²) < 4.78 is 0. The molecule has 2 rings (SSSR count). The zero-order valence-electron chi connectivity index (χ0n) is 11.4. The van der Waals surface area contributed by atoms with Crippen LogP contribution in [0.15, 0.2) is 18.2 Å². The van der Waals surface area contributed by atoms with Gasteiger partial charge < -0.3 is 11.1 Å². The van der Waals surface area contributed by atoms with Crippen LogP contribution in [0.25, 0.3) is 0 Å². The first-order chi connectivity index (χ1) is 8.94. The fourth-order valence-electron chi connectivity index (χ4n) is 2.78. The number of hydrogen-bond acceptors (Lipinski definition) is 3. The molecule has 100 valence electrons. The molecular weight excluding hydrogens is 238 g/mol. The number of amides is 1. The minimum Gasteiger partial charge on any atom is -0.397 e. The molecule has 19 heavy (non-hydrogen) atoms. The molecule has 1 aromatic rings. The lowest BCUT2D eigenvalue weighted by molar-refractivity contribution is -0.122. The van der Waals surface area contributed by atoms with Gasteiger partial charge in [-0.05, 0) is 36.5 Å². The molecule has 1 aliphatic carbocycles. The van der Waals surface area contributed by atoms with Gasteiger partial charge in [0.2, 0.25) is 5.91 Å². The summed E-state index contributed by atoms with van der Waals surface area (Å²) in [6, 6.07) is 6.95. The van der Waals surface area contributed by atoms with Crippen LogP contribution in [0, 0.1) is 22.7 Å². The molecule has 0 spiro atoms. The quantitative estimate of drug-likeness (QED) is 0.799. The van der Waals surface area contributed by atoms with Crippen molar-refractivity contribution in [1.82, 2.24) is 0 Å². The summed E-state index contributed by atoms with van der Waals surface area (Å²) in [4.78, 5) is 12.3. The maximum atomic E-state index is 12.3. The van der Waals surface area contributed by atoms with Gasteiger partial charge in [-0.25, -0.2) is 0 Å². The first kappa shape index (κ1) is 13.4. The number of carbonyl (C=O) groups excluding carboxylic acids is 1. The van der Waals surface area contributed by atoms with Crippen LogP contribution >= 0.6 is 0 Å². The summed E-state index contributed by atoms with van der Waals surface area (Å²) in [6.07, 6.45) is 3.09. The summed E-state index contributed by atoms with van der Waals surface area (Å²) in [7, 11) is 0. The van der Waals surface area contributed by atoms with Gasteiger partial charge >= 0.3 is 0 Å². The number of nitrogens with one attached hydrogen (secondary N) is 1. The van der Waals surface area contributed by atoms with E-state index in [1.165, 1.54) is 0 Å². The van der Waals surface area contributed by atoms with Crippen LogP contribution in [0.3, 0.4) is 0 Å². The van der Waals surface area contributed by atoms with Crippen molar-refractivity contribution in [3.8, 4) is 6.07 Å². The van der Waals surface area contributed by atoms with E-state index in [0.29, 0.717) is 16.9 Å². The highest BCUT2D eigenvalue weighted by atomic mass is 16.1. The lowest BCUT2D eigenvalue weighted by atomic mass is 9.81. The highest BCUT2D eigenvalue weighted by Crippen LogP contribution is 2.43. The number of anilines is 2. The standard InChI is InChI=1S/C15H19N3O/c1-15(2)7-3-4-11(15)14(19)18-13-6-5-10(9-16)8-12(13)17/h5-6,8,11H,3-4,7,17H2,1-2H3,(H,18,19). The van der Waals surface area contributed by atoms with Gasteiger partial charge in [0.05, 0.1) is 23.0 Å². The summed E-state index contributed by atoms with van der Waals surface area (Å²) in [5.74, 6) is 0.0569. The number of nitrogen functional groups attached to an aromatic ring is 1. The lowest BCUT2D eigenvalue weighted by Gasteiger charge is -2.26. The minimum absolute atomic E-state index is 0.0268. The number of rotatable bonds is 2. The van der Waals surface area contributed by atoms with Crippen LogP contribution < -0.4 is 11.1 Å². The maximum Gasteiger partial charge on any atom is 0.228 e. The van der Waals surface area contributed by atoms with Gasteiger partial charge in [-0.3, -0.25) is 4.79 Å². The van der Waals surface area contributed by atoms with Gasteiger partial charge in [-0.2, -0.15) is 5.26 Å². The van der Waals surface area contributed by atoms with Crippen LogP contribution in [0.5, 0.6) is 0 Å². The molecule has 1 fully saturated rings. The van der Waals surface area contributed by atoms with E-state index in [9.17, 15) is 4.79 Å². The smallest absolute Gasteiger partial charge is 0.228 e. The predicted molar refractivity (Wildman–Crippen MR) is 75.3 cm³/mol. The fourth-order valence-corrected chi connectivity index (χ4v) is 2.78. The van der Waals surface area contributed by atoms with E-state index in [0.717, 1.165) is 19.3 Å². The summed E-state index contributed by atoms with van der Waals surface area (Å²) in [5.41, 5.74) is 7.41. The number of benzene rings is 1. The number of nitriles is 1. The van der Waals surface area contributed by atoms with E-state index >= 15 is 0 Å². The van der Waals surface area contributed by atoms with Crippen molar-refractivity contribution >= 4 is 17.3 Å². The second-order valence-electron chi connectivity index (χ2n) is 5.84. The largest absolute Gasteiger partial charge is 0.397 e. The topological polar surface area (TPSA) is 78.9 Å². The van der Waals surface area contributed by atoms with Crippen LogP contribution in [0.4, 0.5) is 11.4 Å². The van der Waals surface area contributed by atoms with Crippen LogP contribution in [-0.2, 0) is 4.79 Å². The van der Waals surface area contributed by atoms with E-state index in [4.69, 9.17) is 11.0 Å². The van der Waals surface area contributed by atoms with Crippen molar-refractivity contribution in [1.29, 1.82) is 5.26 Å². The molecule has 4 nitrogen and oxygen atoms in total. The van der Waals surface area contributed by atoms with E-state index in [2.05, 4.69) is 19.2 Å². The second kappa shape index (κ2) is 4.93. The lowest BCUT2D eigenvalue weighted by Crippen LogP contribution is -2.31. The van der Waals surface area contributed by atoms with Crippen LogP contribution in [0.1, 0.15) is 38.7 Å². The molecule has 1 atom stereocenters. The van der Waals surface area contributed by atoms with Gasteiger partial charge in [0.25, 0.3) is 0 Å².